The Bertz CT molecular complexity index is 1190. The summed E-state index contributed by atoms with van der Waals surface area (Å²) in [6.45, 7) is 0. The van der Waals surface area contributed by atoms with Crippen LogP contribution in [0.2, 0.25) is 0 Å². The van der Waals surface area contributed by atoms with Gasteiger partial charge in [0.15, 0.2) is 5.43 Å². The molecule has 2 aromatic carbocycles. The van der Waals surface area contributed by atoms with Crippen molar-refractivity contribution in [2.24, 2.45) is 0 Å². The smallest absolute Gasteiger partial charge is 0.312 e. The summed E-state index contributed by atoms with van der Waals surface area (Å²) in [5, 5.41) is 15.0. The summed E-state index contributed by atoms with van der Waals surface area (Å²) >= 11 is 0. The summed E-state index contributed by atoms with van der Waals surface area (Å²) in [7, 11) is 0. The first kappa shape index (κ1) is 18.8. The third kappa shape index (κ3) is 3.33. The Morgan fingerprint density at radius 2 is 1.61 bits per heavy atom. The predicted octanol–water partition coefficient (Wildman–Crippen LogP) is 4.67. The van der Waals surface area contributed by atoms with E-state index in [0.717, 1.165) is 11.9 Å². The summed E-state index contributed by atoms with van der Waals surface area (Å²) in [5.41, 5.74) is 1.08. The van der Waals surface area contributed by atoms with E-state index in [0.29, 0.717) is 11.5 Å². The van der Waals surface area contributed by atoms with Crippen LogP contribution in [0, 0.1) is 10.1 Å². The topological polar surface area (TPSA) is 90.1 Å². The van der Waals surface area contributed by atoms with Crippen molar-refractivity contribution in [1.82, 2.24) is 9.55 Å². The van der Waals surface area contributed by atoms with Gasteiger partial charge in [-0.1, -0.05) is 43.8 Å². The molecule has 0 unspecified atom stereocenters. The molecule has 4 aromatic rings. The van der Waals surface area contributed by atoms with Gasteiger partial charge in [-0.2, -0.15) is 0 Å². The quantitative estimate of drug-likeness (QED) is 0.414. The molecule has 2 heterocycles. The Labute approximate surface area is 161 Å². The van der Waals surface area contributed by atoms with Gasteiger partial charge in [-0.05, 0) is 24.3 Å². The maximum absolute atomic E-state index is 12.6. The van der Waals surface area contributed by atoms with Crippen molar-refractivity contribution in [3.63, 3.8) is 0 Å². The minimum atomic E-state index is -0.527. The molecule has 0 spiro atoms. The van der Waals surface area contributed by atoms with Crippen molar-refractivity contribution in [2.45, 2.75) is 7.43 Å². The summed E-state index contributed by atoms with van der Waals surface area (Å²) < 4.78 is 1.67. The van der Waals surface area contributed by atoms with E-state index in [2.05, 4.69) is 10.3 Å². The first-order valence-corrected chi connectivity index (χ1v) is 8.21. The molecule has 0 radical (unpaired) electrons. The Kier molecular flexibility index (Phi) is 5.17. The SMILES string of the molecule is C.O=c1cc(Nc2ccccc2)n(-c2ccccc2)c2c([N+](=O)[O-])cncc12. The molecule has 0 aliphatic carbocycles. The number of rotatable bonds is 4. The monoisotopic (exact) mass is 374 g/mol. The highest BCUT2D eigenvalue weighted by molar-refractivity contribution is 5.90. The maximum Gasteiger partial charge on any atom is 0.312 e. The van der Waals surface area contributed by atoms with Gasteiger partial charge in [-0.3, -0.25) is 24.5 Å². The van der Waals surface area contributed by atoms with Crippen LogP contribution >= 0.6 is 0 Å². The summed E-state index contributed by atoms with van der Waals surface area (Å²) in [6, 6.07) is 19.9. The van der Waals surface area contributed by atoms with Crippen molar-refractivity contribution < 1.29 is 4.92 Å². The van der Waals surface area contributed by atoms with Crippen LogP contribution in [0.25, 0.3) is 16.6 Å². The molecule has 0 saturated heterocycles. The number of fused-ring (bicyclic) bond motifs is 1. The van der Waals surface area contributed by atoms with Gasteiger partial charge in [0.05, 0.1) is 10.3 Å². The van der Waals surface area contributed by atoms with Crippen LogP contribution in [0.3, 0.4) is 0 Å². The Morgan fingerprint density at radius 1 is 0.964 bits per heavy atom. The molecular weight excluding hydrogens is 356 g/mol. The van der Waals surface area contributed by atoms with Gasteiger partial charge in [0, 0.05) is 23.6 Å². The number of para-hydroxylation sites is 2. The van der Waals surface area contributed by atoms with E-state index in [1.165, 1.54) is 12.3 Å². The van der Waals surface area contributed by atoms with Gasteiger partial charge in [0.1, 0.15) is 17.5 Å². The van der Waals surface area contributed by atoms with Gasteiger partial charge in [0.25, 0.3) is 0 Å². The number of nitrogens with one attached hydrogen (secondary N) is 1. The van der Waals surface area contributed by atoms with E-state index < -0.39 is 4.92 Å². The van der Waals surface area contributed by atoms with Gasteiger partial charge >= 0.3 is 5.69 Å². The maximum atomic E-state index is 12.6. The second-order valence-electron chi connectivity index (χ2n) is 5.87. The van der Waals surface area contributed by atoms with Gasteiger partial charge in [-0.25, -0.2) is 0 Å². The molecule has 2 aromatic heterocycles. The first-order valence-electron chi connectivity index (χ1n) is 8.21. The predicted molar refractivity (Wildman–Crippen MR) is 110 cm³/mol. The van der Waals surface area contributed by atoms with Gasteiger partial charge in [0.2, 0.25) is 0 Å². The molecule has 28 heavy (non-hydrogen) atoms. The van der Waals surface area contributed by atoms with E-state index >= 15 is 0 Å². The zero-order valence-corrected chi connectivity index (χ0v) is 14.1. The number of hydrogen-bond donors (Lipinski definition) is 1. The molecule has 0 amide bonds. The fourth-order valence-corrected chi connectivity index (χ4v) is 2.99. The number of nitrogens with zero attached hydrogens (tertiary/aromatic N) is 3. The lowest BCUT2D eigenvalue weighted by Crippen LogP contribution is -2.14. The third-order valence-electron chi connectivity index (χ3n) is 4.15. The Hall–Kier alpha value is -4.00. The summed E-state index contributed by atoms with van der Waals surface area (Å²) in [5.74, 6) is 0.430. The van der Waals surface area contributed by atoms with Crippen molar-refractivity contribution in [3.8, 4) is 5.69 Å². The third-order valence-corrected chi connectivity index (χ3v) is 4.15. The van der Waals surface area contributed by atoms with E-state index in [4.69, 9.17) is 0 Å². The highest BCUT2D eigenvalue weighted by Crippen LogP contribution is 2.30. The molecule has 0 aliphatic heterocycles. The number of nitro groups is 1. The molecule has 0 bridgehead atoms. The molecule has 4 rings (SSSR count). The van der Waals surface area contributed by atoms with E-state index in [1.54, 1.807) is 4.57 Å². The number of pyridine rings is 2. The number of benzene rings is 2. The lowest BCUT2D eigenvalue weighted by Gasteiger charge is -2.18. The van der Waals surface area contributed by atoms with Crippen LogP contribution in [0.15, 0.2) is 83.9 Å². The zero-order chi connectivity index (χ0) is 18.8. The molecule has 0 aliphatic rings. The highest BCUT2D eigenvalue weighted by atomic mass is 16.6. The molecule has 7 nitrogen and oxygen atoms in total. The molecule has 7 heteroatoms. The second kappa shape index (κ2) is 7.71. The molecule has 140 valence electrons. The van der Waals surface area contributed by atoms with Crippen molar-refractivity contribution in [2.75, 3.05) is 5.32 Å². The molecule has 1 N–H and O–H groups in total. The van der Waals surface area contributed by atoms with Crippen LogP contribution in [0.4, 0.5) is 17.2 Å². The van der Waals surface area contributed by atoms with Crippen LogP contribution in [-0.2, 0) is 0 Å². The fourth-order valence-electron chi connectivity index (χ4n) is 2.99. The van der Waals surface area contributed by atoms with Gasteiger partial charge < -0.3 is 5.32 Å². The van der Waals surface area contributed by atoms with Crippen LogP contribution in [0.1, 0.15) is 7.43 Å². The minimum absolute atomic E-state index is 0. The van der Waals surface area contributed by atoms with E-state index in [9.17, 15) is 14.9 Å². The molecule has 0 saturated carbocycles. The molecule has 0 fully saturated rings. The average Bonchev–Trinajstić information content (AvgIpc) is 2.69. The Balaban J connectivity index is 0.00000225. The Morgan fingerprint density at radius 3 is 2.25 bits per heavy atom. The first-order chi connectivity index (χ1) is 13.1. The molecular formula is C21H18N4O3. The van der Waals surface area contributed by atoms with Crippen LogP contribution in [-0.4, -0.2) is 14.5 Å². The lowest BCUT2D eigenvalue weighted by molar-refractivity contribution is -0.383. The number of hydrogen-bond acceptors (Lipinski definition) is 5. The van der Waals surface area contributed by atoms with E-state index in [1.807, 2.05) is 60.7 Å². The zero-order valence-electron chi connectivity index (χ0n) is 14.1. The van der Waals surface area contributed by atoms with Crippen LogP contribution in [0.5, 0.6) is 0 Å². The van der Waals surface area contributed by atoms with Crippen molar-refractivity contribution in [1.29, 1.82) is 0 Å². The number of aromatic nitrogens is 2. The highest BCUT2D eigenvalue weighted by Gasteiger charge is 2.21. The van der Waals surface area contributed by atoms with Crippen molar-refractivity contribution in [3.05, 3.63) is 99.5 Å². The van der Waals surface area contributed by atoms with Gasteiger partial charge in [-0.15, -0.1) is 0 Å². The minimum Gasteiger partial charge on any atom is -0.341 e. The number of anilines is 2. The second-order valence-corrected chi connectivity index (χ2v) is 5.87. The standard InChI is InChI=1S/C20H14N4O3.CH4/c25-18-11-19(22-14-7-3-1-4-8-14)23(15-9-5-2-6-10-15)20-16(18)12-21-13-17(20)24(26)27;/h1-13,22H;1H4. The fraction of sp³-hybridized carbons (Fsp3) is 0.0476. The van der Waals surface area contributed by atoms with Crippen molar-refractivity contribution >= 4 is 28.1 Å². The summed E-state index contributed by atoms with van der Waals surface area (Å²) in [6.07, 6.45) is 2.52. The molecule has 0 atom stereocenters. The largest absolute Gasteiger partial charge is 0.341 e. The normalized spacial score (nSPS) is 10.3. The summed E-state index contributed by atoms with van der Waals surface area (Å²) in [4.78, 5) is 27.6. The lowest BCUT2D eigenvalue weighted by atomic mass is 10.2. The average molecular weight is 374 g/mol. The van der Waals surface area contributed by atoms with Crippen LogP contribution < -0.4 is 10.7 Å². The van der Waals surface area contributed by atoms with E-state index in [-0.39, 0.29) is 29.4 Å².